The van der Waals surface area contributed by atoms with Crippen LogP contribution >= 0.6 is 11.3 Å². The van der Waals surface area contributed by atoms with Gasteiger partial charge in [0.15, 0.2) is 0 Å². The Labute approximate surface area is 119 Å². The van der Waals surface area contributed by atoms with Gasteiger partial charge in [-0.1, -0.05) is 12.1 Å². The largest absolute Gasteiger partial charge is 0.497 e. The van der Waals surface area contributed by atoms with Crippen LogP contribution in [0.15, 0.2) is 30.3 Å². The van der Waals surface area contributed by atoms with Gasteiger partial charge in [0.25, 0.3) is 0 Å². The van der Waals surface area contributed by atoms with Crippen LogP contribution in [0.4, 0.5) is 0 Å². The third kappa shape index (κ3) is 3.37. The van der Waals surface area contributed by atoms with Crippen LogP contribution < -0.4 is 10.1 Å². The molecule has 0 amide bonds. The first-order valence-electron chi connectivity index (χ1n) is 6.51. The topological polar surface area (TPSA) is 21.3 Å². The molecular weight excluding hydrogens is 254 g/mol. The highest BCUT2D eigenvalue weighted by molar-refractivity contribution is 7.12. The van der Waals surface area contributed by atoms with E-state index in [0.29, 0.717) is 6.04 Å². The van der Waals surface area contributed by atoms with Crippen molar-refractivity contribution >= 4 is 11.3 Å². The zero-order chi connectivity index (χ0) is 13.8. The monoisotopic (exact) mass is 275 g/mol. The number of likely N-dealkylation sites (N-methyl/N-ethyl adjacent to an activating group) is 1. The van der Waals surface area contributed by atoms with E-state index in [4.69, 9.17) is 4.74 Å². The van der Waals surface area contributed by atoms with E-state index in [1.165, 1.54) is 20.9 Å². The summed E-state index contributed by atoms with van der Waals surface area (Å²) in [5, 5.41) is 3.41. The summed E-state index contributed by atoms with van der Waals surface area (Å²) in [5.41, 5.74) is 2.67. The molecule has 1 atom stereocenters. The molecule has 0 fully saturated rings. The summed E-state index contributed by atoms with van der Waals surface area (Å²) in [5.74, 6) is 0.922. The van der Waals surface area contributed by atoms with E-state index in [-0.39, 0.29) is 0 Å². The lowest BCUT2D eigenvalue weighted by Crippen LogP contribution is -2.17. The number of rotatable bonds is 5. The Hall–Kier alpha value is -1.32. The number of hydrogen-bond donors (Lipinski definition) is 1. The fraction of sp³-hybridized carbons (Fsp3) is 0.375. The first-order chi connectivity index (χ1) is 9.13. The summed E-state index contributed by atoms with van der Waals surface area (Å²) in [6, 6.07) is 11.0. The van der Waals surface area contributed by atoms with Gasteiger partial charge in [-0.15, -0.1) is 11.3 Å². The van der Waals surface area contributed by atoms with Crippen molar-refractivity contribution in [1.82, 2.24) is 5.32 Å². The molecular formula is C16H21NOS. The fourth-order valence-electron chi connectivity index (χ4n) is 2.15. The van der Waals surface area contributed by atoms with Crippen LogP contribution in [0.25, 0.3) is 0 Å². The summed E-state index contributed by atoms with van der Waals surface area (Å²) in [4.78, 5) is 2.81. The highest BCUT2D eigenvalue weighted by atomic mass is 32.1. The highest BCUT2D eigenvalue weighted by Gasteiger charge is 2.14. The average molecular weight is 275 g/mol. The Morgan fingerprint density at radius 1 is 1.26 bits per heavy atom. The fourth-order valence-corrected chi connectivity index (χ4v) is 3.31. The molecule has 19 heavy (non-hydrogen) atoms. The van der Waals surface area contributed by atoms with Crippen LogP contribution in [0, 0.1) is 13.8 Å². The van der Waals surface area contributed by atoms with Gasteiger partial charge in [0.1, 0.15) is 5.75 Å². The standard InChI is InChI=1S/C16H21NOS/c1-11-8-16(19-12(11)2)15(17-3)10-13-6-5-7-14(9-13)18-4/h5-9,15,17H,10H2,1-4H3. The van der Waals surface area contributed by atoms with Gasteiger partial charge >= 0.3 is 0 Å². The van der Waals surface area contributed by atoms with Gasteiger partial charge in [0.05, 0.1) is 7.11 Å². The second-order valence-electron chi connectivity index (χ2n) is 4.78. The smallest absolute Gasteiger partial charge is 0.119 e. The van der Waals surface area contributed by atoms with Gasteiger partial charge in [0.2, 0.25) is 0 Å². The molecule has 1 N–H and O–H groups in total. The molecule has 0 aliphatic carbocycles. The Balaban J connectivity index is 2.18. The van der Waals surface area contributed by atoms with Crippen LogP contribution in [-0.2, 0) is 6.42 Å². The average Bonchev–Trinajstić information content (AvgIpc) is 2.76. The van der Waals surface area contributed by atoms with E-state index in [9.17, 15) is 0 Å². The predicted octanol–water partition coefficient (Wildman–Crippen LogP) is 3.88. The molecule has 2 aromatic rings. The molecule has 0 aliphatic heterocycles. The Morgan fingerprint density at radius 2 is 2.05 bits per heavy atom. The lowest BCUT2D eigenvalue weighted by molar-refractivity contribution is 0.414. The quantitative estimate of drug-likeness (QED) is 0.894. The van der Waals surface area contributed by atoms with E-state index in [2.05, 4.69) is 37.4 Å². The zero-order valence-electron chi connectivity index (χ0n) is 12.0. The summed E-state index contributed by atoms with van der Waals surface area (Å²) >= 11 is 1.88. The van der Waals surface area contributed by atoms with Gasteiger partial charge in [-0.25, -0.2) is 0 Å². The predicted molar refractivity (Wildman–Crippen MR) is 82.3 cm³/mol. The van der Waals surface area contributed by atoms with Crippen molar-refractivity contribution in [3.63, 3.8) is 0 Å². The summed E-state index contributed by atoms with van der Waals surface area (Å²) in [6.45, 7) is 4.36. The number of ether oxygens (including phenoxy) is 1. The number of thiophene rings is 1. The van der Waals surface area contributed by atoms with Gasteiger partial charge in [-0.3, -0.25) is 0 Å². The lowest BCUT2D eigenvalue weighted by atomic mass is 10.0. The Kier molecular flexibility index (Phi) is 4.61. The Bertz CT molecular complexity index is 528. The third-order valence-corrected chi connectivity index (χ3v) is 4.72. The second-order valence-corrected chi connectivity index (χ2v) is 6.07. The molecule has 0 aliphatic rings. The minimum absolute atomic E-state index is 0.365. The molecule has 3 heteroatoms. The van der Waals surface area contributed by atoms with Crippen molar-refractivity contribution in [3.8, 4) is 5.75 Å². The number of aryl methyl sites for hydroxylation is 2. The van der Waals surface area contributed by atoms with Crippen LogP contribution in [0.3, 0.4) is 0 Å². The van der Waals surface area contributed by atoms with Crippen molar-refractivity contribution in [2.45, 2.75) is 26.3 Å². The maximum atomic E-state index is 5.28. The highest BCUT2D eigenvalue weighted by Crippen LogP contribution is 2.29. The van der Waals surface area contributed by atoms with E-state index in [1.807, 2.05) is 30.5 Å². The molecule has 0 radical (unpaired) electrons. The molecule has 0 bridgehead atoms. The molecule has 0 spiro atoms. The molecule has 102 valence electrons. The van der Waals surface area contributed by atoms with Crippen LogP contribution in [0.5, 0.6) is 5.75 Å². The zero-order valence-corrected chi connectivity index (χ0v) is 12.8. The van der Waals surface area contributed by atoms with E-state index < -0.39 is 0 Å². The number of methoxy groups -OCH3 is 1. The van der Waals surface area contributed by atoms with Gasteiger partial charge in [-0.05, 0) is 56.6 Å². The lowest BCUT2D eigenvalue weighted by Gasteiger charge is -2.15. The van der Waals surface area contributed by atoms with Crippen LogP contribution in [0.2, 0.25) is 0 Å². The van der Waals surface area contributed by atoms with Gasteiger partial charge in [-0.2, -0.15) is 0 Å². The van der Waals surface area contributed by atoms with Gasteiger partial charge < -0.3 is 10.1 Å². The van der Waals surface area contributed by atoms with Crippen molar-refractivity contribution < 1.29 is 4.74 Å². The molecule has 2 rings (SSSR count). The van der Waals surface area contributed by atoms with E-state index >= 15 is 0 Å². The summed E-state index contributed by atoms with van der Waals surface area (Å²) in [6.07, 6.45) is 0.979. The Morgan fingerprint density at radius 3 is 2.63 bits per heavy atom. The van der Waals surface area contributed by atoms with Crippen LogP contribution in [0.1, 0.15) is 26.9 Å². The van der Waals surface area contributed by atoms with Crippen LogP contribution in [-0.4, -0.2) is 14.2 Å². The van der Waals surface area contributed by atoms with E-state index in [1.54, 1.807) is 7.11 Å². The van der Waals surface area contributed by atoms with Crippen molar-refractivity contribution in [1.29, 1.82) is 0 Å². The number of hydrogen-bond acceptors (Lipinski definition) is 3. The number of nitrogens with one attached hydrogen (secondary N) is 1. The van der Waals surface area contributed by atoms with Crippen molar-refractivity contribution in [2.24, 2.45) is 0 Å². The second kappa shape index (κ2) is 6.22. The summed E-state index contributed by atoms with van der Waals surface area (Å²) < 4.78 is 5.28. The maximum absolute atomic E-state index is 5.28. The van der Waals surface area contributed by atoms with Gasteiger partial charge in [0, 0.05) is 15.8 Å². The minimum Gasteiger partial charge on any atom is -0.497 e. The molecule has 2 nitrogen and oxygen atoms in total. The molecule has 0 saturated carbocycles. The molecule has 1 aromatic heterocycles. The molecule has 1 aromatic carbocycles. The van der Waals surface area contributed by atoms with Crippen molar-refractivity contribution in [3.05, 3.63) is 51.2 Å². The van der Waals surface area contributed by atoms with E-state index in [0.717, 1.165) is 12.2 Å². The minimum atomic E-state index is 0.365. The van der Waals surface area contributed by atoms with Crippen molar-refractivity contribution in [2.75, 3.05) is 14.2 Å². The maximum Gasteiger partial charge on any atom is 0.119 e. The molecule has 0 saturated heterocycles. The first kappa shape index (κ1) is 14.1. The first-order valence-corrected chi connectivity index (χ1v) is 7.32. The molecule has 1 heterocycles. The SMILES string of the molecule is CNC(Cc1cccc(OC)c1)c1cc(C)c(C)s1. The number of benzene rings is 1. The summed E-state index contributed by atoms with van der Waals surface area (Å²) in [7, 11) is 3.73. The normalized spacial score (nSPS) is 12.4. The molecule has 1 unspecified atom stereocenters. The third-order valence-electron chi connectivity index (χ3n) is 3.45.